The molecule has 0 aliphatic heterocycles. The Morgan fingerprint density at radius 1 is 1.13 bits per heavy atom. The lowest BCUT2D eigenvalue weighted by atomic mass is 10.1. The Morgan fingerprint density at radius 2 is 1.80 bits per heavy atom. The van der Waals surface area contributed by atoms with Crippen LogP contribution in [0.5, 0.6) is 5.75 Å². The van der Waals surface area contributed by atoms with Gasteiger partial charge in [0.05, 0.1) is 18.3 Å². The van der Waals surface area contributed by atoms with Gasteiger partial charge >= 0.3 is 19.7 Å². The van der Waals surface area contributed by atoms with Crippen LogP contribution in [0.15, 0.2) is 53.0 Å². The van der Waals surface area contributed by atoms with Gasteiger partial charge in [0.1, 0.15) is 11.8 Å². The summed E-state index contributed by atoms with van der Waals surface area (Å²) < 4.78 is 30.1. The van der Waals surface area contributed by atoms with Gasteiger partial charge < -0.3 is 14.4 Å². The average Bonchev–Trinajstić information content (AvgIpc) is 2.67. The summed E-state index contributed by atoms with van der Waals surface area (Å²) in [6, 6.07) is 11.8. The van der Waals surface area contributed by atoms with Crippen LogP contribution in [0.3, 0.4) is 0 Å². The second kappa shape index (κ2) is 10.7. The molecule has 0 fully saturated rings. The normalized spacial score (nSPS) is 14.0. The highest BCUT2D eigenvalue weighted by Gasteiger charge is 2.32. The Kier molecular flexibility index (Phi) is 8.61. The summed E-state index contributed by atoms with van der Waals surface area (Å²) in [6.07, 6.45) is -0.333. The SMILES string of the molecule is CC(C)OC(=O)[C@H](C)NP(=O)(OCc1ccc(C(=O)O)cc1Br)Oc1ccccc1. The average molecular weight is 500 g/mol. The maximum atomic E-state index is 13.4. The number of nitrogens with one attached hydrogen (secondary N) is 1. The fourth-order valence-corrected chi connectivity index (χ4v) is 4.25. The van der Waals surface area contributed by atoms with Crippen molar-refractivity contribution in [3.8, 4) is 5.75 Å². The van der Waals surface area contributed by atoms with Crippen LogP contribution in [0.25, 0.3) is 0 Å². The zero-order valence-electron chi connectivity index (χ0n) is 16.7. The number of rotatable bonds is 10. The Balaban J connectivity index is 2.19. The molecule has 0 amide bonds. The molecule has 10 heteroatoms. The van der Waals surface area contributed by atoms with E-state index in [1.165, 1.54) is 25.1 Å². The van der Waals surface area contributed by atoms with Crippen LogP contribution < -0.4 is 9.61 Å². The number of carbonyl (C=O) groups excluding carboxylic acids is 1. The molecule has 0 aliphatic carbocycles. The molecule has 30 heavy (non-hydrogen) atoms. The van der Waals surface area contributed by atoms with Crippen molar-refractivity contribution in [1.82, 2.24) is 5.09 Å². The fraction of sp³-hybridized carbons (Fsp3) is 0.300. The maximum absolute atomic E-state index is 13.4. The van der Waals surface area contributed by atoms with Gasteiger partial charge in [0.25, 0.3) is 0 Å². The Morgan fingerprint density at radius 3 is 2.37 bits per heavy atom. The quantitative estimate of drug-likeness (QED) is 0.354. The molecule has 0 bridgehead atoms. The van der Waals surface area contributed by atoms with Crippen LogP contribution in [0.4, 0.5) is 0 Å². The molecule has 8 nitrogen and oxygen atoms in total. The standard InChI is InChI=1S/C20H23BrNO7P/c1-13(2)28-20(25)14(3)22-30(26,29-17-7-5-4-6-8-17)27-12-16-10-9-15(19(23)24)11-18(16)21/h4-11,13-14H,12H2,1-3H3,(H,22,26)(H,23,24)/t14-,30?/m0/s1. The van der Waals surface area contributed by atoms with Crippen molar-refractivity contribution in [3.05, 3.63) is 64.1 Å². The van der Waals surface area contributed by atoms with E-state index >= 15 is 0 Å². The van der Waals surface area contributed by atoms with E-state index in [-0.39, 0.29) is 24.0 Å². The lowest BCUT2D eigenvalue weighted by Crippen LogP contribution is -2.36. The van der Waals surface area contributed by atoms with E-state index in [2.05, 4.69) is 21.0 Å². The molecule has 0 aliphatic rings. The highest BCUT2D eigenvalue weighted by molar-refractivity contribution is 9.10. The minimum absolute atomic E-state index is 0.0949. The lowest BCUT2D eigenvalue weighted by molar-refractivity contribution is -0.149. The van der Waals surface area contributed by atoms with Gasteiger partial charge in [0.2, 0.25) is 0 Å². The largest absolute Gasteiger partial charge is 0.478 e. The van der Waals surface area contributed by atoms with E-state index in [0.717, 1.165) is 0 Å². The van der Waals surface area contributed by atoms with Gasteiger partial charge in [-0.1, -0.05) is 40.2 Å². The monoisotopic (exact) mass is 499 g/mol. The van der Waals surface area contributed by atoms with Gasteiger partial charge in [0, 0.05) is 4.47 Å². The predicted molar refractivity (Wildman–Crippen MR) is 114 cm³/mol. The summed E-state index contributed by atoms with van der Waals surface area (Å²) in [5, 5.41) is 11.7. The number of carboxylic acids is 1. The first-order valence-electron chi connectivity index (χ1n) is 9.09. The van der Waals surface area contributed by atoms with E-state index < -0.39 is 25.7 Å². The van der Waals surface area contributed by atoms with Crippen molar-refractivity contribution < 1.29 is 33.0 Å². The molecular weight excluding hydrogens is 477 g/mol. The zero-order chi connectivity index (χ0) is 22.3. The minimum atomic E-state index is -4.00. The number of hydrogen-bond acceptors (Lipinski definition) is 6. The van der Waals surface area contributed by atoms with Crippen LogP contribution in [-0.4, -0.2) is 29.2 Å². The molecule has 0 radical (unpaired) electrons. The van der Waals surface area contributed by atoms with Crippen molar-refractivity contribution in [1.29, 1.82) is 0 Å². The minimum Gasteiger partial charge on any atom is -0.478 e. The molecule has 2 aromatic carbocycles. The summed E-state index contributed by atoms with van der Waals surface area (Å²) in [7, 11) is -4.00. The van der Waals surface area contributed by atoms with E-state index in [0.29, 0.717) is 10.0 Å². The van der Waals surface area contributed by atoms with E-state index in [1.54, 1.807) is 44.2 Å². The molecule has 2 rings (SSSR count). The number of aromatic carboxylic acids is 1. The lowest BCUT2D eigenvalue weighted by Gasteiger charge is -2.23. The van der Waals surface area contributed by atoms with Crippen molar-refractivity contribution in [3.63, 3.8) is 0 Å². The molecule has 0 saturated carbocycles. The van der Waals surface area contributed by atoms with Crippen LogP contribution >= 0.6 is 23.7 Å². The third kappa shape index (κ3) is 7.25. The summed E-state index contributed by atoms with van der Waals surface area (Å²) in [5.74, 6) is -1.38. The highest BCUT2D eigenvalue weighted by Crippen LogP contribution is 2.46. The van der Waals surface area contributed by atoms with Gasteiger partial charge in [-0.05, 0) is 50.6 Å². The molecule has 0 saturated heterocycles. The number of para-hydroxylation sites is 1. The van der Waals surface area contributed by atoms with E-state index in [4.69, 9.17) is 18.9 Å². The van der Waals surface area contributed by atoms with Gasteiger partial charge in [-0.15, -0.1) is 0 Å². The number of ether oxygens (including phenoxy) is 1. The van der Waals surface area contributed by atoms with Crippen LogP contribution in [0.2, 0.25) is 0 Å². The fourth-order valence-electron chi connectivity index (χ4n) is 2.29. The second-order valence-electron chi connectivity index (χ2n) is 6.62. The maximum Gasteiger partial charge on any atom is 0.459 e. The number of carbonyl (C=O) groups is 2. The third-order valence-electron chi connectivity index (χ3n) is 3.72. The van der Waals surface area contributed by atoms with Crippen molar-refractivity contribution >= 4 is 35.6 Å². The first-order valence-corrected chi connectivity index (χ1v) is 11.4. The summed E-state index contributed by atoms with van der Waals surface area (Å²) in [6.45, 7) is 4.75. The van der Waals surface area contributed by atoms with Crippen molar-refractivity contribution in [2.24, 2.45) is 0 Å². The molecule has 2 N–H and O–H groups in total. The second-order valence-corrected chi connectivity index (χ2v) is 9.17. The van der Waals surface area contributed by atoms with Gasteiger partial charge in [0.15, 0.2) is 0 Å². The summed E-state index contributed by atoms with van der Waals surface area (Å²) in [5.41, 5.74) is 0.647. The summed E-state index contributed by atoms with van der Waals surface area (Å²) in [4.78, 5) is 23.2. The van der Waals surface area contributed by atoms with Gasteiger partial charge in [-0.2, -0.15) is 5.09 Å². The summed E-state index contributed by atoms with van der Waals surface area (Å²) >= 11 is 3.28. The van der Waals surface area contributed by atoms with Crippen molar-refractivity contribution in [2.75, 3.05) is 0 Å². The van der Waals surface area contributed by atoms with E-state index in [9.17, 15) is 14.2 Å². The first kappa shape index (κ1) is 24.1. The molecule has 0 heterocycles. The highest BCUT2D eigenvalue weighted by atomic mass is 79.9. The number of carboxylic acid groups (broad SMARTS) is 1. The number of halogens is 1. The van der Waals surface area contributed by atoms with Crippen LogP contribution in [0.1, 0.15) is 36.7 Å². The molecule has 2 aromatic rings. The predicted octanol–water partition coefficient (Wildman–Crippen LogP) is 4.78. The molecule has 0 aromatic heterocycles. The van der Waals surface area contributed by atoms with Crippen LogP contribution in [-0.2, 0) is 25.2 Å². The van der Waals surface area contributed by atoms with Gasteiger partial charge in [-0.25, -0.2) is 9.36 Å². The number of esters is 1. The molecule has 0 spiro atoms. The Labute approximate surface area is 183 Å². The Bertz CT molecular complexity index is 936. The van der Waals surface area contributed by atoms with Gasteiger partial charge in [-0.3, -0.25) is 9.32 Å². The molecule has 2 atom stereocenters. The molecule has 1 unspecified atom stereocenters. The third-order valence-corrected chi connectivity index (χ3v) is 6.08. The molecular formula is C20H23BrNO7P. The zero-order valence-corrected chi connectivity index (χ0v) is 19.2. The van der Waals surface area contributed by atoms with Crippen molar-refractivity contribution in [2.45, 2.75) is 39.5 Å². The number of hydrogen-bond donors (Lipinski definition) is 2. The smallest absolute Gasteiger partial charge is 0.459 e. The first-order chi connectivity index (χ1) is 14.1. The molecule has 162 valence electrons. The van der Waals surface area contributed by atoms with Crippen LogP contribution in [0, 0.1) is 0 Å². The number of benzene rings is 2. The van der Waals surface area contributed by atoms with E-state index in [1.807, 2.05) is 0 Å². The Hall–Kier alpha value is -2.19. The topological polar surface area (TPSA) is 111 Å².